The zero-order valence-corrected chi connectivity index (χ0v) is 18.5. The zero-order valence-electron chi connectivity index (χ0n) is 18.5. The number of hydrogen-bond acceptors (Lipinski definition) is 5. The molecule has 0 spiro atoms. The van der Waals surface area contributed by atoms with Crippen molar-refractivity contribution in [2.75, 3.05) is 7.11 Å². The average molecular weight is 424 g/mol. The van der Waals surface area contributed by atoms with Crippen LogP contribution in [0.1, 0.15) is 69.4 Å². The SMILES string of the molecule is COc1ccc(C(C)(C)C)cc1/C(O)=C1\C(=O)C(=O)N(C2CCCC2)C1c1ccco1. The number of ketones is 1. The predicted molar refractivity (Wildman–Crippen MR) is 117 cm³/mol. The van der Waals surface area contributed by atoms with E-state index in [2.05, 4.69) is 20.8 Å². The number of likely N-dealkylation sites (tertiary alicyclic amines) is 1. The zero-order chi connectivity index (χ0) is 22.3. The molecular formula is C25H29NO5. The molecule has 1 aliphatic carbocycles. The van der Waals surface area contributed by atoms with E-state index in [9.17, 15) is 14.7 Å². The van der Waals surface area contributed by atoms with E-state index < -0.39 is 17.7 Å². The van der Waals surface area contributed by atoms with E-state index in [1.807, 2.05) is 12.1 Å². The van der Waals surface area contributed by atoms with Crippen LogP contribution < -0.4 is 4.74 Å². The molecule has 1 aliphatic heterocycles. The highest BCUT2D eigenvalue weighted by molar-refractivity contribution is 6.46. The first kappa shape index (κ1) is 21.2. The maximum Gasteiger partial charge on any atom is 0.296 e. The second kappa shape index (κ2) is 7.91. The lowest BCUT2D eigenvalue weighted by Crippen LogP contribution is -2.37. The molecule has 2 heterocycles. The number of Topliss-reactive ketones (excluding diaryl/α,β-unsaturated/α-hetero) is 1. The molecule has 2 aromatic rings. The molecule has 6 nitrogen and oxygen atoms in total. The largest absolute Gasteiger partial charge is 0.507 e. The first-order chi connectivity index (χ1) is 14.7. The summed E-state index contributed by atoms with van der Waals surface area (Å²) < 4.78 is 11.1. The van der Waals surface area contributed by atoms with Crippen molar-refractivity contribution in [2.24, 2.45) is 0 Å². The Hall–Kier alpha value is -3.02. The number of methoxy groups -OCH3 is 1. The first-order valence-corrected chi connectivity index (χ1v) is 10.8. The van der Waals surface area contributed by atoms with Gasteiger partial charge in [-0.05, 0) is 48.1 Å². The number of carbonyl (C=O) groups is 2. The van der Waals surface area contributed by atoms with Crippen LogP contribution in [0.3, 0.4) is 0 Å². The number of aliphatic hydroxyl groups excluding tert-OH is 1. The number of aliphatic hydroxyl groups is 1. The normalized spacial score (nSPS) is 21.8. The molecule has 1 saturated heterocycles. The Bertz CT molecular complexity index is 1020. The highest BCUT2D eigenvalue weighted by Gasteiger charge is 2.50. The number of carbonyl (C=O) groups excluding carboxylic acids is 2. The number of hydrogen-bond donors (Lipinski definition) is 1. The summed E-state index contributed by atoms with van der Waals surface area (Å²) in [5.74, 6) is -0.590. The summed E-state index contributed by atoms with van der Waals surface area (Å²) in [5, 5.41) is 11.4. The monoisotopic (exact) mass is 423 g/mol. The summed E-state index contributed by atoms with van der Waals surface area (Å²) in [5.41, 5.74) is 1.26. The molecule has 1 N–H and O–H groups in total. The van der Waals surface area contributed by atoms with E-state index in [4.69, 9.17) is 9.15 Å². The predicted octanol–water partition coefficient (Wildman–Crippen LogP) is 4.95. The highest BCUT2D eigenvalue weighted by Crippen LogP contribution is 2.44. The Morgan fingerprint density at radius 1 is 1.16 bits per heavy atom. The quantitative estimate of drug-likeness (QED) is 0.428. The molecule has 1 aromatic carbocycles. The molecule has 1 aromatic heterocycles. The molecule has 164 valence electrons. The van der Waals surface area contributed by atoms with Crippen LogP contribution >= 0.6 is 0 Å². The van der Waals surface area contributed by atoms with Gasteiger partial charge < -0.3 is 19.2 Å². The van der Waals surface area contributed by atoms with Crippen LogP contribution in [0.2, 0.25) is 0 Å². The van der Waals surface area contributed by atoms with Crippen LogP contribution in [0.4, 0.5) is 0 Å². The molecule has 2 aliphatic rings. The van der Waals surface area contributed by atoms with Gasteiger partial charge in [0, 0.05) is 6.04 Å². The van der Waals surface area contributed by atoms with Gasteiger partial charge in [0.2, 0.25) is 0 Å². The number of rotatable bonds is 4. The Morgan fingerprint density at radius 2 is 1.87 bits per heavy atom. The fraction of sp³-hybridized carbons (Fsp3) is 0.440. The van der Waals surface area contributed by atoms with Crippen molar-refractivity contribution in [3.63, 3.8) is 0 Å². The van der Waals surface area contributed by atoms with Crippen molar-refractivity contribution in [3.8, 4) is 5.75 Å². The van der Waals surface area contributed by atoms with Gasteiger partial charge in [0.25, 0.3) is 11.7 Å². The smallest absolute Gasteiger partial charge is 0.296 e. The van der Waals surface area contributed by atoms with Crippen molar-refractivity contribution < 1.29 is 23.8 Å². The molecule has 2 fully saturated rings. The van der Waals surface area contributed by atoms with Gasteiger partial charge in [0.05, 0.1) is 24.5 Å². The summed E-state index contributed by atoms with van der Waals surface area (Å²) in [6.07, 6.45) is 5.23. The molecule has 1 unspecified atom stereocenters. The summed E-state index contributed by atoms with van der Waals surface area (Å²) in [6, 6.07) is 8.23. The van der Waals surface area contributed by atoms with Crippen molar-refractivity contribution in [3.05, 3.63) is 59.1 Å². The lowest BCUT2D eigenvalue weighted by molar-refractivity contribution is -0.141. The van der Waals surface area contributed by atoms with Crippen LogP contribution in [-0.2, 0) is 15.0 Å². The van der Waals surface area contributed by atoms with E-state index in [0.29, 0.717) is 17.1 Å². The lowest BCUT2D eigenvalue weighted by Gasteiger charge is -2.29. The Labute approximate surface area is 182 Å². The molecular weight excluding hydrogens is 394 g/mol. The Morgan fingerprint density at radius 3 is 2.45 bits per heavy atom. The van der Waals surface area contributed by atoms with Gasteiger partial charge in [0.1, 0.15) is 23.3 Å². The average Bonchev–Trinajstić information content (AvgIpc) is 3.48. The minimum Gasteiger partial charge on any atom is -0.507 e. The van der Waals surface area contributed by atoms with Crippen molar-refractivity contribution in [2.45, 2.75) is 64.0 Å². The third-order valence-corrected chi connectivity index (χ3v) is 6.33. The number of amides is 1. The van der Waals surface area contributed by atoms with Crippen LogP contribution in [0.25, 0.3) is 5.76 Å². The maximum absolute atomic E-state index is 13.2. The van der Waals surface area contributed by atoms with Gasteiger partial charge in [-0.15, -0.1) is 0 Å². The van der Waals surface area contributed by atoms with Crippen LogP contribution in [0.5, 0.6) is 5.75 Å². The summed E-state index contributed by atoms with van der Waals surface area (Å²) in [6.45, 7) is 6.21. The number of ether oxygens (including phenoxy) is 1. The summed E-state index contributed by atoms with van der Waals surface area (Å²) in [4.78, 5) is 27.9. The minimum atomic E-state index is -0.749. The van der Waals surface area contributed by atoms with Crippen molar-refractivity contribution in [1.82, 2.24) is 4.90 Å². The molecule has 1 amide bonds. The Balaban J connectivity index is 1.91. The van der Waals surface area contributed by atoms with E-state index >= 15 is 0 Å². The van der Waals surface area contributed by atoms with Crippen molar-refractivity contribution in [1.29, 1.82) is 0 Å². The second-order valence-electron chi connectivity index (χ2n) is 9.33. The van der Waals surface area contributed by atoms with Gasteiger partial charge in [-0.1, -0.05) is 39.7 Å². The second-order valence-corrected chi connectivity index (χ2v) is 9.33. The van der Waals surface area contributed by atoms with Gasteiger partial charge in [-0.25, -0.2) is 0 Å². The molecule has 0 radical (unpaired) electrons. The third-order valence-electron chi connectivity index (χ3n) is 6.33. The molecule has 6 heteroatoms. The molecule has 4 rings (SSSR count). The summed E-state index contributed by atoms with van der Waals surface area (Å²) in [7, 11) is 1.52. The molecule has 1 saturated carbocycles. The highest BCUT2D eigenvalue weighted by atomic mass is 16.5. The Kier molecular flexibility index (Phi) is 5.42. The number of nitrogens with zero attached hydrogens (tertiary/aromatic N) is 1. The van der Waals surface area contributed by atoms with E-state index in [-0.39, 0.29) is 22.8 Å². The lowest BCUT2D eigenvalue weighted by atomic mass is 9.85. The van der Waals surface area contributed by atoms with Crippen LogP contribution in [0, 0.1) is 0 Å². The van der Waals surface area contributed by atoms with Crippen LogP contribution in [-0.4, -0.2) is 34.8 Å². The molecule has 1 atom stereocenters. The van der Waals surface area contributed by atoms with E-state index in [1.54, 1.807) is 23.1 Å². The fourth-order valence-corrected chi connectivity index (χ4v) is 4.64. The topological polar surface area (TPSA) is 80.0 Å². The fourth-order valence-electron chi connectivity index (χ4n) is 4.64. The van der Waals surface area contributed by atoms with E-state index in [1.165, 1.54) is 13.4 Å². The van der Waals surface area contributed by atoms with Crippen molar-refractivity contribution >= 4 is 17.4 Å². The number of furan rings is 1. The first-order valence-electron chi connectivity index (χ1n) is 10.8. The standard InChI is InChI=1S/C25H29NO5/c1-25(2,3)15-11-12-18(30-4)17(14-15)22(27)20-21(19-10-7-13-31-19)26(24(29)23(20)28)16-8-5-6-9-16/h7,10-14,16,21,27H,5-6,8-9H2,1-4H3/b22-20+. The maximum atomic E-state index is 13.2. The van der Waals surface area contributed by atoms with Gasteiger partial charge in [-0.3, -0.25) is 9.59 Å². The molecule has 0 bridgehead atoms. The van der Waals surface area contributed by atoms with E-state index in [0.717, 1.165) is 31.2 Å². The third kappa shape index (κ3) is 3.64. The number of benzene rings is 1. The van der Waals surface area contributed by atoms with Gasteiger partial charge in [0.15, 0.2) is 0 Å². The van der Waals surface area contributed by atoms with Crippen LogP contribution in [0.15, 0.2) is 46.6 Å². The summed E-state index contributed by atoms with van der Waals surface area (Å²) >= 11 is 0. The van der Waals surface area contributed by atoms with Gasteiger partial charge >= 0.3 is 0 Å². The minimum absolute atomic E-state index is 0.0420. The van der Waals surface area contributed by atoms with Gasteiger partial charge in [-0.2, -0.15) is 0 Å². The molecule has 31 heavy (non-hydrogen) atoms.